The fourth-order valence-corrected chi connectivity index (χ4v) is 2.00. The average Bonchev–Trinajstić information content (AvgIpc) is 2.68. The van der Waals surface area contributed by atoms with E-state index in [1.165, 1.54) is 4.88 Å². The highest BCUT2D eigenvalue weighted by molar-refractivity contribution is 7.15. The Labute approximate surface area is 87.6 Å². The van der Waals surface area contributed by atoms with Crippen molar-refractivity contribution in [2.45, 2.75) is 38.3 Å². The van der Waals surface area contributed by atoms with Crippen molar-refractivity contribution in [2.24, 2.45) is 0 Å². The summed E-state index contributed by atoms with van der Waals surface area (Å²) in [6, 6.07) is 0. The van der Waals surface area contributed by atoms with Crippen molar-refractivity contribution in [1.29, 1.82) is 0 Å². The summed E-state index contributed by atoms with van der Waals surface area (Å²) in [5.74, 6) is 0.503. The lowest BCUT2D eigenvalue weighted by atomic mass is 10.2. The first kappa shape index (κ1) is 9.90. The molecule has 1 aromatic heterocycles. The van der Waals surface area contributed by atoms with E-state index in [1.54, 1.807) is 11.3 Å². The van der Waals surface area contributed by atoms with E-state index in [9.17, 15) is 4.39 Å². The fraction of sp³-hybridized carbons (Fsp3) is 0.700. The molecule has 4 heteroatoms. The standard InChI is InChI=1S/C10H15FN2S/c1-7(2)8-5-12-9(14-8)13-6-10(11)3-4-10/h5,7H,3-4,6H2,1-2H3,(H,12,13). The molecule has 1 aliphatic carbocycles. The van der Waals surface area contributed by atoms with Crippen LogP contribution in [0, 0.1) is 0 Å². The summed E-state index contributed by atoms with van der Waals surface area (Å²) in [7, 11) is 0. The third-order valence-corrected chi connectivity index (χ3v) is 3.70. The summed E-state index contributed by atoms with van der Waals surface area (Å²) in [5.41, 5.74) is -0.941. The Morgan fingerprint density at radius 2 is 2.36 bits per heavy atom. The molecule has 1 N–H and O–H groups in total. The van der Waals surface area contributed by atoms with E-state index in [0.29, 0.717) is 25.3 Å². The summed E-state index contributed by atoms with van der Waals surface area (Å²) in [5, 5.41) is 3.90. The number of anilines is 1. The van der Waals surface area contributed by atoms with Crippen LogP contribution in [0.5, 0.6) is 0 Å². The van der Waals surface area contributed by atoms with Gasteiger partial charge in [0.05, 0.1) is 6.54 Å². The van der Waals surface area contributed by atoms with Gasteiger partial charge in [-0.3, -0.25) is 0 Å². The number of alkyl halides is 1. The molecule has 1 saturated carbocycles. The van der Waals surface area contributed by atoms with E-state index in [1.807, 2.05) is 6.20 Å². The van der Waals surface area contributed by atoms with Gasteiger partial charge < -0.3 is 5.32 Å². The lowest BCUT2D eigenvalue weighted by molar-refractivity contribution is 0.326. The second-order valence-corrected chi connectivity index (χ2v) is 5.29. The largest absolute Gasteiger partial charge is 0.358 e. The van der Waals surface area contributed by atoms with Crippen molar-refractivity contribution in [2.75, 3.05) is 11.9 Å². The van der Waals surface area contributed by atoms with E-state index in [-0.39, 0.29) is 0 Å². The lowest BCUT2D eigenvalue weighted by Gasteiger charge is -2.04. The van der Waals surface area contributed by atoms with Gasteiger partial charge in [-0.15, -0.1) is 11.3 Å². The molecule has 2 rings (SSSR count). The highest BCUT2D eigenvalue weighted by atomic mass is 32.1. The maximum atomic E-state index is 13.3. The molecule has 0 spiro atoms. The van der Waals surface area contributed by atoms with Crippen LogP contribution in [0.2, 0.25) is 0 Å². The first-order valence-corrected chi connectivity index (χ1v) is 5.79. The monoisotopic (exact) mass is 214 g/mol. The molecular weight excluding hydrogens is 199 g/mol. The van der Waals surface area contributed by atoms with Crippen LogP contribution in [0.15, 0.2) is 6.20 Å². The Bertz CT molecular complexity index is 318. The molecule has 2 nitrogen and oxygen atoms in total. The number of nitrogens with zero attached hydrogens (tertiary/aromatic N) is 1. The molecule has 0 amide bonds. The molecule has 0 aromatic carbocycles. The van der Waals surface area contributed by atoms with Gasteiger partial charge in [-0.2, -0.15) is 0 Å². The van der Waals surface area contributed by atoms with Crippen LogP contribution < -0.4 is 5.32 Å². The number of rotatable bonds is 4. The molecule has 0 unspecified atom stereocenters. The summed E-state index contributed by atoms with van der Waals surface area (Å²) < 4.78 is 13.3. The van der Waals surface area contributed by atoms with Crippen molar-refractivity contribution in [3.8, 4) is 0 Å². The first-order valence-electron chi connectivity index (χ1n) is 4.98. The topological polar surface area (TPSA) is 24.9 Å². The molecule has 0 atom stereocenters. The number of hydrogen-bond donors (Lipinski definition) is 1. The number of nitrogens with one attached hydrogen (secondary N) is 1. The van der Waals surface area contributed by atoms with Crippen molar-refractivity contribution in [3.05, 3.63) is 11.1 Å². The summed E-state index contributed by atoms with van der Waals surface area (Å²) in [6.45, 7) is 4.68. The molecule has 1 heterocycles. The molecule has 0 saturated heterocycles. The molecule has 1 aliphatic rings. The van der Waals surface area contributed by atoms with Crippen LogP contribution in [0.25, 0.3) is 0 Å². The quantitative estimate of drug-likeness (QED) is 0.832. The molecular formula is C10H15FN2S. The smallest absolute Gasteiger partial charge is 0.182 e. The van der Waals surface area contributed by atoms with Gasteiger partial charge in [0, 0.05) is 11.1 Å². The Morgan fingerprint density at radius 1 is 1.64 bits per heavy atom. The van der Waals surface area contributed by atoms with Gasteiger partial charge in [0.2, 0.25) is 0 Å². The number of thiazole rings is 1. The first-order chi connectivity index (χ1) is 6.59. The van der Waals surface area contributed by atoms with Crippen LogP contribution in [0.1, 0.15) is 37.5 Å². The van der Waals surface area contributed by atoms with E-state index < -0.39 is 5.67 Å². The normalized spacial score (nSPS) is 18.6. The van der Waals surface area contributed by atoms with E-state index in [4.69, 9.17) is 0 Å². The molecule has 1 fully saturated rings. The fourth-order valence-electron chi connectivity index (χ4n) is 1.18. The number of aromatic nitrogens is 1. The predicted octanol–water partition coefficient (Wildman–Crippen LogP) is 3.18. The van der Waals surface area contributed by atoms with Gasteiger partial charge >= 0.3 is 0 Å². The maximum Gasteiger partial charge on any atom is 0.182 e. The molecule has 1 aromatic rings. The van der Waals surface area contributed by atoms with Crippen LogP contribution >= 0.6 is 11.3 Å². The number of halogens is 1. The Hall–Kier alpha value is -0.640. The zero-order valence-electron chi connectivity index (χ0n) is 8.51. The van der Waals surface area contributed by atoms with Crippen molar-refractivity contribution < 1.29 is 4.39 Å². The van der Waals surface area contributed by atoms with Gasteiger partial charge in [0.25, 0.3) is 0 Å². The second-order valence-electron chi connectivity index (χ2n) is 4.23. The lowest BCUT2D eigenvalue weighted by Crippen LogP contribution is -2.15. The Morgan fingerprint density at radius 3 is 2.86 bits per heavy atom. The third kappa shape index (κ3) is 2.23. The summed E-state index contributed by atoms with van der Waals surface area (Å²) in [6.07, 6.45) is 3.26. The van der Waals surface area contributed by atoms with E-state index in [2.05, 4.69) is 24.1 Å². The highest BCUT2D eigenvalue weighted by Crippen LogP contribution is 2.40. The molecule has 14 heavy (non-hydrogen) atoms. The van der Waals surface area contributed by atoms with Gasteiger partial charge in [-0.05, 0) is 18.8 Å². The van der Waals surface area contributed by atoms with Crippen molar-refractivity contribution >= 4 is 16.5 Å². The Balaban J connectivity index is 1.90. The summed E-state index contributed by atoms with van der Waals surface area (Å²) in [4.78, 5) is 5.46. The van der Waals surface area contributed by atoms with Gasteiger partial charge in [-0.25, -0.2) is 9.37 Å². The van der Waals surface area contributed by atoms with E-state index in [0.717, 1.165) is 5.13 Å². The molecule has 0 aliphatic heterocycles. The van der Waals surface area contributed by atoms with Gasteiger partial charge in [0.1, 0.15) is 5.67 Å². The third-order valence-electron chi connectivity index (χ3n) is 2.44. The van der Waals surface area contributed by atoms with E-state index >= 15 is 0 Å². The van der Waals surface area contributed by atoms with Crippen LogP contribution in [-0.2, 0) is 0 Å². The average molecular weight is 214 g/mol. The molecule has 0 bridgehead atoms. The Kier molecular flexibility index (Phi) is 2.47. The zero-order chi connectivity index (χ0) is 10.2. The predicted molar refractivity (Wildman–Crippen MR) is 57.8 cm³/mol. The van der Waals surface area contributed by atoms with Crippen LogP contribution in [0.3, 0.4) is 0 Å². The summed E-state index contributed by atoms with van der Waals surface area (Å²) >= 11 is 1.62. The second kappa shape index (κ2) is 3.50. The minimum absolute atomic E-state index is 0.415. The number of hydrogen-bond acceptors (Lipinski definition) is 3. The van der Waals surface area contributed by atoms with Crippen LogP contribution in [0.4, 0.5) is 9.52 Å². The van der Waals surface area contributed by atoms with Crippen molar-refractivity contribution in [3.63, 3.8) is 0 Å². The highest BCUT2D eigenvalue weighted by Gasteiger charge is 2.42. The molecule has 78 valence electrons. The zero-order valence-corrected chi connectivity index (χ0v) is 9.33. The maximum absolute atomic E-state index is 13.3. The van der Waals surface area contributed by atoms with Crippen LogP contribution in [-0.4, -0.2) is 17.2 Å². The minimum Gasteiger partial charge on any atom is -0.358 e. The molecule has 0 radical (unpaired) electrons. The van der Waals surface area contributed by atoms with Crippen molar-refractivity contribution in [1.82, 2.24) is 4.98 Å². The van der Waals surface area contributed by atoms with Gasteiger partial charge in [-0.1, -0.05) is 13.8 Å². The SMILES string of the molecule is CC(C)c1cnc(NCC2(F)CC2)s1. The minimum atomic E-state index is -0.941. The van der Waals surface area contributed by atoms with Gasteiger partial charge in [0.15, 0.2) is 5.13 Å².